The van der Waals surface area contributed by atoms with Crippen LogP contribution in [0, 0.1) is 12.8 Å². The van der Waals surface area contributed by atoms with Crippen molar-refractivity contribution in [3.8, 4) is 0 Å². The number of hydrogen-bond acceptors (Lipinski definition) is 3. The highest BCUT2D eigenvalue weighted by Gasteiger charge is 2.30. The van der Waals surface area contributed by atoms with E-state index in [2.05, 4.69) is 19.2 Å². The molecule has 1 aromatic rings. The van der Waals surface area contributed by atoms with Gasteiger partial charge in [0.2, 0.25) is 0 Å². The number of rotatable bonds is 4. The van der Waals surface area contributed by atoms with Gasteiger partial charge in [0.25, 0.3) is 5.91 Å². The molecular weight excluding hydrogens is 240 g/mol. The maximum absolute atomic E-state index is 12.4. The second-order valence-electron chi connectivity index (χ2n) is 5.32. The summed E-state index contributed by atoms with van der Waals surface area (Å²) in [4.78, 5) is 14.3. The number of carbonyl (C=O) groups is 1. The Kier molecular flexibility index (Phi) is 4.64. The molecule has 1 saturated heterocycles. The molecule has 1 fully saturated rings. The van der Waals surface area contributed by atoms with E-state index in [-0.39, 0.29) is 5.91 Å². The van der Waals surface area contributed by atoms with Crippen molar-refractivity contribution in [2.24, 2.45) is 5.92 Å². The number of nitrogens with zero attached hydrogens (tertiary/aromatic N) is 1. The number of hydrogen-bond donors (Lipinski definition) is 1. The summed E-state index contributed by atoms with van der Waals surface area (Å²) < 4.78 is 5.23. The van der Waals surface area contributed by atoms with Crippen molar-refractivity contribution in [1.82, 2.24) is 10.2 Å². The highest BCUT2D eigenvalue weighted by molar-refractivity contribution is 5.94. The molecule has 2 atom stereocenters. The normalized spacial score (nSPS) is 23.6. The first kappa shape index (κ1) is 14.1. The third-order valence-electron chi connectivity index (χ3n) is 3.99. The fraction of sp³-hybridized carbons (Fsp3) is 0.667. The Balaban J connectivity index is 2.01. The molecule has 2 rings (SSSR count). The van der Waals surface area contributed by atoms with E-state index in [9.17, 15) is 4.79 Å². The van der Waals surface area contributed by atoms with Crippen molar-refractivity contribution >= 4 is 5.91 Å². The van der Waals surface area contributed by atoms with Gasteiger partial charge in [0.05, 0.1) is 5.56 Å². The maximum Gasteiger partial charge on any atom is 0.257 e. The van der Waals surface area contributed by atoms with Crippen LogP contribution < -0.4 is 5.32 Å². The van der Waals surface area contributed by atoms with Crippen LogP contribution in [0.3, 0.4) is 0 Å². The molecule has 1 aliphatic heterocycles. The summed E-state index contributed by atoms with van der Waals surface area (Å²) in [5.41, 5.74) is 0.675. The summed E-state index contributed by atoms with van der Waals surface area (Å²) in [6.45, 7) is 8.87. The van der Waals surface area contributed by atoms with Crippen LogP contribution in [0.4, 0.5) is 0 Å². The summed E-state index contributed by atoms with van der Waals surface area (Å²) in [7, 11) is 0. The van der Waals surface area contributed by atoms with Crippen molar-refractivity contribution in [2.75, 3.05) is 19.6 Å². The number of aryl methyl sites for hydroxylation is 1. The first-order chi connectivity index (χ1) is 9.15. The molecule has 1 aromatic heterocycles. The highest BCUT2D eigenvalue weighted by atomic mass is 16.3. The fourth-order valence-corrected chi connectivity index (χ4v) is 2.90. The lowest BCUT2D eigenvalue weighted by Gasteiger charge is -2.38. The van der Waals surface area contributed by atoms with Gasteiger partial charge >= 0.3 is 0 Å². The Hall–Kier alpha value is -1.29. The average molecular weight is 264 g/mol. The van der Waals surface area contributed by atoms with Crippen molar-refractivity contribution in [1.29, 1.82) is 0 Å². The minimum Gasteiger partial charge on any atom is -0.469 e. The smallest absolute Gasteiger partial charge is 0.257 e. The average Bonchev–Trinajstić information content (AvgIpc) is 2.85. The quantitative estimate of drug-likeness (QED) is 0.908. The lowest BCUT2D eigenvalue weighted by molar-refractivity contribution is 0.0627. The van der Waals surface area contributed by atoms with Crippen LogP contribution in [0.25, 0.3) is 0 Å². The van der Waals surface area contributed by atoms with Crippen LogP contribution in [0.2, 0.25) is 0 Å². The van der Waals surface area contributed by atoms with E-state index in [1.54, 1.807) is 6.26 Å². The molecule has 1 N–H and O–H groups in total. The Morgan fingerprint density at radius 1 is 1.53 bits per heavy atom. The van der Waals surface area contributed by atoms with Crippen LogP contribution in [-0.2, 0) is 0 Å². The summed E-state index contributed by atoms with van der Waals surface area (Å²) in [5.74, 6) is 1.44. The van der Waals surface area contributed by atoms with Gasteiger partial charge in [0.15, 0.2) is 0 Å². The van der Waals surface area contributed by atoms with E-state index in [1.807, 2.05) is 17.9 Å². The number of furan rings is 1. The number of piperidine rings is 1. The molecule has 0 saturated carbocycles. The molecule has 106 valence electrons. The van der Waals surface area contributed by atoms with Gasteiger partial charge in [-0.05, 0) is 31.9 Å². The molecule has 0 bridgehead atoms. The standard InChI is InChI=1S/C15H24N2O2/c1-4-12-9-17(7-6-14(12)16-5-2)15(18)13-8-11(3)19-10-13/h8,10,12,14,16H,4-7,9H2,1-3H3. The van der Waals surface area contributed by atoms with Crippen molar-refractivity contribution in [3.05, 3.63) is 23.7 Å². The number of amides is 1. The van der Waals surface area contributed by atoms with Gasteiger partial charge in [0, 0.05) is 19.1 Å². The second kappa shape index (κ2) is 6.24. The minimum atomic E-state index is 0.102. The number of nitrogens with one attached hydrogen (secondary N) is 1. The molecule has 1 amide bonds. The van der Waals surface area contributed by atoms with E-state index in [1.165, 1.54) is 0 Å². The molecule has 2 unspecified atom stereocenters. The molecule has 2 heterocycles. The van der Waals surface area contributed by atoms with Crippen LogP contribution in [-0.4, -0.2) is 36.5 Å². The Labute approximate surface area is 115 Å². The third kappa shape index (κ3) is 3.18. The summed E-state index contributed by atoms with van der Waals surface area (Å²) in [6, 6.07) is 2.37. The van der Waals surface area contributed by atoms with E-state index in [4.69, 9.17) is 4.42 Å². The lowest BCUT2D eigenvalue weighted by atomic mass is 9.89. The monoisotopic (exact) mass is 264 g/mol. The molecule has 19 heavy (non-hydrogen) atoms. The van der Waals surface area contributed by atoms with Gasteiger partial charge in [-0.15, -0.1) is 0 Å². The van der Waals surface area contributed by atoms with E-state index in [0.717, 1.165) is 38.2 Å². The van der Waals surface area contributed by atoms with Gasteiger partial charge < -0.3 is 14.6 Å². The van der Waals surface area contributed by atoms with Crippen molar-refractivity contribution < 1.29 is 9.21 Å². The molecule has 0 aliphatic carbocycles. The fourth-order valence-electron chi connectivity index (χ4n) is 2.90. The van der Waals surface area contributed by atoms with Crippen LogP contribution in [0.1, 0.15) is 42.8 Å². The molecule has 0 radical (unpaired) electrons. The van der Waals surface area contributed by atoms with Gasteiger partial charge in [-0.3, -0.25) is 4.79 Å². The number of carbonyl (C=O) groups excluding carboxylic acids is 1. The molecule has 1 aliphatic rings. The Bertz CT molecular complexity index is 428. The SMILES string of the molecule is CCNC1CCN(C(=O)c2coc(C)c2)CC1CC. The first-order valence-electron chi connectivity index (χ1n) is 7.23. The van der Waals surface area contributed by atoms with Gasteiger partial charge in [0.1, 0.15) is 12.0 Å². The van der Waals surface area contributed by atoms with E-state index < -0.39 is 0 Å². The Morgan fingerprint density at radius 3 is 2.89 bits per heavy atom. The predicted octanol–water partition coefficient (Wildman–Crippen LogP) is 2.44. The van der Waals surface area contributed by atoms with Crippen LogP contribution in [0.15, 0.2) is 16.7 Å². The van der Waals surface area contributed by atoms with Crippen LogP contribution in [0.5, 0.6) is 0 Å². The maximum atomic E-state index is 12.4. The predicted molar refractivity (Wildman–Crippen MR) is 75.2 cm³/mol. The molecule has 4 heteroatoms. The third-order valence-corrected chi connectivity index (χ3v) is 3.99. The molecule has 0 spiro atoms. The first-order valence-corrected chi connectivity index (χ1v) is 7.23. The lowest BCUT2D eigenvalue weighted by Crippen LogP contribution is -2.50. The van der Waals surface area contributed by atoms with Crippen molar-refractivity contribution in [3.63, 3.8) is 0 Å². The topological polar surface area (TPSA) is 45.5 Å². The van der Waals surface area contributed by atoms with Crippen LogP contribution >= 0.6 is 0 Å². The van der Waals surface area contributed by atoms with Gasteiger partial charge in [-0.25, -0.2) is 0 Å². The summed E-state index contributed by atoms with van der Waals surface area (Å²) in [5, 5.41) is 3.53. The molecule has 0 aromatic carbocycles. The summed E-state index contributed by atoms with van der Waals surface area (Å²) >= 11 is 0. The zero-order chi connectivity index (χ0) is 13.8. The Morgan fingerprint density at radius 2 is 2.32 bits per heavy atom. The second-order valence-corrected chi connectivity index (χ2v) is 5.32. The molecular formula is C15H24N2O2. The van der Waals surface area contributed by atoms with Gasteiger partial charge in [-0.2, -0.15) is 0 Å². The zero-order valence-electron chi connectivity index (χ0n) is 12.1. The largest absolute Gasteiger partial charge is 0.469 e. The zero-order valence-corrected chi connectivity index (χ0v) is 12.1. The van der Waals surface area contributed by atoms with Crippen molar-refractivity contribution in [2.45, 2.75) is 39.7 Å². The molecule has 4 nitrogen and oxygen atoms in total. The van der Waals surface area contributed by atoms with Gasteiger partial charge in [-0.1, -0.05) is 20.3 Å². The minimum absolute atomic E-state index is 0.102. The highest BCUT2D eigenvalue weighted by Crippen LogP contribution is 2.22. The van der Waals surface area contributed by atoms with E-state index >= 15 is 0 Å². The van der Waals surface area contributed by atoms with E-state index in [0.29, 0.717) is 17.5 Å². The number of likely N-dealkylation sites (tertiary alicyclic amines) is 1. The summed E-state index contributed by atoms with van der Waals surface area (Å²) in [6.07, 6.45) is 3.70.